The molecule has 0 saturated carbocycles. The van der Waals surface area contributed by atoms with E-state index in [0.29, 0.717) is 6.54 Å². The van der Waals surface area contributed by atoms with Crippen molar-refractivity contribution in [2.24, 2.45) is 5.84 Å². The summed E-state index contributed by atoms with van der Waals surface area (Å²) in [7, 11) is 0. The van der Waals surface area contributed by atoms with Gasteiger partial charge in [0, 0.05) is 13.0 Å². The van der Waals surface area contributed by atoms with Crippen LogP contribution in [0, 0.1) is 0 Å². The third-order valence-corrected chi connectivity index (χ3v) is 0.547. The van der Waals surface area contributed by atoms with E-state index >= 15 is 0 Å². The third-order valence-electron chi connectivity index (χ3n) is 0.547. The van der Waals surface area contributed by atoms with Crippen LogP contribution in [-0.2, 0) is 0 Å². The molecule has 4 heteroatoms. The standard InChI is InChI=1S/C3H10N2O2/c4-5-2-1-3(6)7/h3,5-7H,1-2,4H2. The molecule has 0 atom stereocenters. The van der Waals surface area contributed by atoms with Gasteiger partial charge in [-0.15, -0.1) is 0 Å². The molecule has 0 fully saturated rings. The van der Waals surface area contributed by atoms with E-state index in [9.17, 15) is 0 Å². The minimum Gasteiger partial charge on any atom is -0.368 e. The molecule has 0 unspecified atom stereocenters. The van der Waals surface area contributed by atoms with Gasteiger partial charge in [0.25, 0.3) is 0 Å². The molecule has 0 aliphatic heterocycles. The molecule has 5 N–H and O–H groups in total. The van der Waals surface area contributed by atoms with E-state index in [-0.39, 0.29) is 6.42 Å². The number of aliphatic hydroxyl groups excluding tert-OH is 1. The SMILES string of the molecule is NNCCC(O)O. The summed E-state index contributed by atoms with van der Waals surface area (Å²) in [6, 6.07) is 0. The normalized spacial score (nSPS) is 10.3. The number of hydrogen-bond acceptors (Lipinski definition) is 4. The lowest BCUT2D eigenvalue weighted by Crippen LogP contribution is -2.26. The summed E-state index contributed by atoms with van der Waals surface area (Å²) in [5.41, 5.74) is 2.28. The fourth-order valence-corrected chi connectivity index (χ4v) is 0.212. The smallest absolute Gasteiger partial charge is 0.152 e. The number of hydrazine groups is 1. The Morgan fingerprint density at radius 1 is 1.57 bits per heavy atom. The Bertz CT molecular complexity index is 39.9. The zero-order chi connectivity index (χ0) is 5.70. The van der Waals surface area contributed by atoms with Gasteiger partial charge in [0.1, 0.15) is 0 Å². The monoisotopic (exact) mass is 106 g/mol. The Kier molecular flexibility index (Phi) is 3.92. The van der Waals surface area contributed by atoms with Crippen molar-refractivity contribution in [2.45, 2.75) is 12.7 Å². The van der Waals surface area contributed by atoms with Crippen LogP contribution in [0.3, 0.4) is 0 Å². The second-order valence-corrected chi connectivity index (χ2v) is 1.22. The lowest BCUT2D eigenvalue weighted by Gasteiger charge is -1.98. The maximum absolute atomic E-state index is 8.14. The van der Waals surface area contributed by atoms with Gasteiger partial charge in [-0.05, 0) is 0 Å². The number of rotatable bonds is 3. The molecular weight excluding hydrogens is 96.0 g/mol. The highest BCUT2D eigenvalue weighted by Gasteiger charge is 1.91. The number of hydrogen-bond donors (Lipinski definition) is 4. The van der Waals surface area contributed by atoms with Crippen molar-refractivity contribution in [1.29, 1.82) is 0 Å². The topological polar surface area (TPSA) is 78.5 Å². The number of nitrogens with two attached hydrogens (primary N) is 1. The Labute approximate surface area is 41.9 Å². The Morgan fingerprint density at radius 2 is 2.14 bits per heavy atom. The van der Waals surface area contributed by atoms with Crippen molar-refractivity contribution >= 4 is 0 Å². The van der Waals surface area contributed by atoms with E-state index in [1.54, 1.807) is 0 Å². The first kappa shape index (κ1) is 6.84. The molecule has 0 rings (SSSR count). The van der Waals surface area contributed by atoms with Crippen LogP contribution in [0.25, 0.3) is 0 Å². The molecule has 0 bridgehead atoms. The first-order valence-electron chi connectivity index (χ1n) is 2.07. The van der Waals surface area contributed by atoms with Crippen LogP contribution >= 0.6 is 0 Å². The molecule has 0 aromatic heterocycles. The number of aliphatic hydroxyl groups is 2. The van der Waals surface area contributed by atoms with Gasteiger partial charge in [-0.2, -0.15) is 0 Å². The van der Waals surface area contributed by atoms with Gasteiger partial charge < -0.3 is 10.2 Å². The van der Waals surface area contributed by atoms with Crippen LogP contribution in [0.2, 0.25) is 0 Å². The van der Waals surface area contributed by atoms with Gasteiger partial charge in [0.2, 0.25) is 0 Å². The molecule has 7 heavy (non-hydrogen) atoms. The molecule has 4 nitrogen and oxygen atoms in total. The van der Waals surface area contributed by atoms with Gasteiger partial charge in [0.15, 0.2) is 6.29 Å². The maximum Gasteiger partial charge on any atom is 0.152 e. The lowest BCUT2D eigenvalue weighted by atomic mass is 10.4. The van der Waals surface area contributed by atoms with Crippen molar-refractivity contribution < 1.29 is 10.2 Å². The van der Waals surface area contributed by atoms with Gasteiger partial charge in [-0.25, -0.2) is 0 Å². The van der Waals surface area contributed by atoms with E-state index in [4.69, 9.17) is 16.1 Å². The summed E-state index contributed by atoms with van der Waals surface area (Å²) in [5, 5.41) is 16.3. The maximum atomic E-state index is 8.14. The zero-order valence-corrected chi connectivity index (χ0v) is 3.96. The first-order valence-corrected chi connectivity index (χ1v) is 2.07. The average Bonchev–Trinajstić information content (AvgIpc) is 1.61. The van der Waals surface area contributed by atoms with Crippen molar-refractivity contribution in [3.63, 3.8) is 0 Å². The molecule has 0 radical (unpaired) electrons. The molecule has 0 amide bonds. The van der Waals surface area contributed by atoms with Crippen LogP contribution in [-0.4, -0.2) is 23.0 Å². The van der Waals surface area contributed by atoms with E-state index in [2.05, 4.69) is 5.43 Å². The van der Waals surface area contributed by atoms with Crippen LogP contribution < -0.4 is 11.3 Å². The summed E-state index contributed by atoms with van der Waals surface area (Å²) in [6.07, 6.45) is -0.965. The lowest BCUT2D eigenvalue weighted by molar-refractivity contribution is -0.0443. The molecule has 0 heterocycles. The van der Waals surface area contributed by atoms with Crippen LogP contribution in [0.5, 0.6) is 0 Å². The third kappa shape index (κ3) is 5.84. The highest BCUT2D eigenvalue weighted by atomic mass is 16.5. The quantitative estimate of drug-likeness (QED) is 0.193. The molecule has 0 aromatic rings. The Morgan fingerprint density at radius 3 is 2.29 bits per heavy atom. The minimum atomic E-state index is -1.24. The van der Waals surface area contributed by atoms with Crippen LogP contribution in [0.4, 0.5) is 0 Å². The first-order chi connectivity index (χ1) is 3.27. The summed E-state index contributed by atoms with van der Waals surface area (Å²) < 4.78 is 0. The molecule has 0 aliphatic carbocycles. The minimum absolute atomic E-state index is 0.274. The molecule has 0 saturated heterocycles. The van der Waals surface area contributed by atoms with Crippen molar-refractivity contribution in [3.05, 3.63) is 0 Å². The van der Waals surface area contributed by atoms with Crippen LogP contribution in [0.1, 0.15) is 6.42 Å². The second-order valence-electron chi connectivity index (χ2n) is 1.22. The predicted molar refractivity (Wildman–Crippen MR) is 25.0 cm³/mol. The Balaban J connectivity index is 2.68. The largest absolute Gasteiger partial charge is 0.368 e. The van der Waals surface area contributed by atoms with Crippen molar-refractivity contribution in [3.8, 4) is 0 Å². The fraction of sp³-hybridized carbons (Fsp3) is 1.00. The second kappa shape index (κ2) is 4.01. The van der Waals surface area contributed by atoms with E-state index < -0.39 is 6.29 Å². The predicted octanol–water partition coefficient (Wildman–Crippen LogP) is -1.85. The molecule has 0 spiro atoms. The highest BCUT2D eigenvalue weighted by Crippen LogP contribution is 1.78. The molecule has 0 aromatic carbocycles. The van der Waals surface area contributed by atoms with Gasteiger partial charge in [-0.3, -0.25) is 11.3 Å². The molecular formula is C3H10N2O2. The van der Waals surface area contributed by atoms with Crippen molar-refractivity contribution in [1.82, 2.24) is 5.43 Å². The highest BCUT2D eigenvalue weighted by molar-refractivity contribution is 4.38. The summed E-state index contributed by atoms with van der Waals surface area (Å²) in [6.45, 7) is 0.428. The molecule has 0 aliphatic rings. The van der Waals surface area contributed by atoms with E-state index in [0.717, 1.165) is 0 Å². The average molecular weight is 106 g/mol. The van der Waals surface area contributed by atoms with E-state index in [1.165, 1.54) is 0 Å². The van der Waals surface area contributed by atoms with E-state index in [1.807, 2.05) is 0 Å². The summed E-state index contributed by atoms with van der Waals surface area (Å²) in [5.74, 6) is 4.80. The Hall–Kier alpha value is -0.160. The number of nitrogens with one attached hydrogen (secondary N) is 1. The fourth-order valence-electron chi connectivity index (χ4n) is 0.212. The zero-order valence-electron chi connectivity index (χ0n) is 3.96. The van der Waals surface area contributed by atoms with Crippen LogP contribution in [0.15, 0.2) is 0 Å². The summed E-state index contributed by atoms with van der Waals surface area (Å²) in [4.78, 5) is 0. The molecule has 44 valence electrons. The van der Waals surface area contributed by atoms with Crippen molar-refractivity contribution in [2.75, 3.05) is 6.54 Å². The summed E-state index contributed by atoms with van der Waals surface area (Å²) >= 11 is 0. The van der Waals surface area contributed by atoms with Gasteiger partial charge in [0.05, 0.1) is 0 Å². The van der Waals surface area contributed by atoms with Gasteiger partial charge in [-0.1, -0.05) is 0 Å². The van der Waals surface area contributed by atoms with Gasteiger partial charge >= 0.3 is 0 Å².